The highest BCUT2D eigenvalue weighted by molar-refractivity contribution is 6.01. The summed E-state index contributed by atoms with van der Waals surface area (Å²) in [6, 6.07) is 4.19. The lowest BCUT2D eigenvalue weighted by atomic mass is 10.1. The number of phenols is 1. The van der Waals surface area contributed by atoms with Crippen LogP contribution in [0.5, 0.6) is 11.5 Å². The summed E-state index contributed by atoms with van der Waals surface area (Å²) in [7, 11) is 1.25. The first-order valence-corrected chi connectivity index (χ1v) is 6.85. The van der Waals surface area contributed by atoms with Gasteiger partial charge >= 0.3 is 5.69 Å². The number of rotatable bonds is 6. The minimum Gasteiger partial charge on any atom is -0.500 e. The van der Waals surface area contributed by atoms with Gasteiger partial charge in [-0.1, -0.05) is 0 Å². The molecule has 0 aromatic heterocycles. The van der Waals surface area contributed by atoms with Gasteiger partial charge in [-0.15, -0.1) is 0 Å². The molecule has 0 aliphatic rings. The molecule has 0 saturated carbocycles. The summed E-state index contributed by atoms with van der Waals surface area (Å²) in [4.78, 5) is 23.9. The number of hydrogen-bond acceptors (Lipinski definition) is 6. The van der Waals surface area contributed by atoms with Crippen molar-refractivity contribution < 1.29 is 19.6 Å². The highest BCUT2D eigenvalue weighted by atomic mass is 16.6. The summed E-state index contributed by atoms with van der Waals surface area (Å²) in [6.45, 7) is 4.44. The van der Waals surface area contributed by atoms with Crippen LogP contribution in [0.2, 0.25) is 0 Å². The Morgan fingerprint density at radius 3 is 2.52 bits per heavy atom. The molecule has 0 radical (unpaired) electrons. The van der Waals surface area contributed by atoms with Crippen LogP contribution in [0.25, 0.3) is 6.08 Å². The van der Waals surface area contributed by atoms with Gasteiger partial charge in [-0.3, -0.25) is 14.9 Å². The SMILES string of the molecule is CCN(CC)C(=O)C(C#N)=Cc1cc(OC)c(O)c([N+](=O)[O-])c1. The molecule has 0 fully saturated rings. The monoisotopic (exact) mass is 319 g/mol. The van der Waals surface area contributed by atoms with Crippen LogP contribution in [0.1, 0.15) is 19.4 Å². The van der Waals surface area contributed by atoms with Gasteiger partial charge in [0.25, 0.3) is 5.91 Å². The molecule has 8 heteroatoms. The standard InChI is InChI=1S/C15H17N3O5/c1-4-17(5-2)15(20)11(9-16)6-10-7-12(18(21)22)14(19)13(8-10)23-3/h6-8,19H,4-5H2,1-3H3. The lowest BCUT2D eigenvalue weighted by molar-refractivity contribution is -0.386. The molecular formula is C15H17N3O5. The first-order chi connectivity index (χ1) is 10.9. The second-order valence-corrected chi connectivity index (χ2v) is 4.50. The van der Waals surface area contributed by atoms with E-state index in [0.717, 1.165) is 6.07 Å². The van der Waals surface area contributed by atoms with Gasteiger partial charge in [-0.25, -0.2) is 0 Å². The van der Waals surface area contributed by atoms with E-state index in [2.05, 4.69) is 0 Å². The van der Waals surface area contributed by atoms with Gasteiger partial charge < -0.3 is 14.7 Å². The first kappa shape index (κ1) is 18.0. The minimum absolute atomic E-state index is 0.113. The zero-order valence-corrected chi connectivity index (χ0v) is 13.1. The van der Waals surface area contributed by atoms with Gasteiger partial charge in [0.15, 0.2) is 5.75 Å². The van der Waals surface area contributed by atoms with E-state index in [-0.39, 0.29) is 16.9 Å². The van der Waals surface area contributed by atoms with E-state index in [1.807, 2.05) is 0 Å². The van der Waals surface area contributed by atoms with E-state index in [1.165, 1.54) is 24.2 Å². The molecule has 0 spiro atoms. The summed E-state index contributed by atoms with van der Waals surface area (Å²) in [5.41, 5.74) is -0.512. The van der Waals surface area contributed by atoms with Crippen molar-refractivity contribution in [2.24, 2.45) is 0 Å². The van der Waals surface area contributed by atoms with Crippen LogP contribution in [0, 0.1) is 21.4 Å². The number of hydrogen-bond donors (Lipinski definition) is 1. The molecular weight excluding hydrogens is 302 g/mol. The molecule has 0 bridgehead atoms. The van der Waals surface area contributed by atoms with Crippen molar-refractivity contribution in [2.45, 2.75) is 13.8 Å². The summed E-state index contributed by atoms with van der Waals surface area (Å²) < 4.78 is 4.88. The van der Waals surface area contributed by atoms with Gasteiger partial charge in [-0.05, 0) is 31.6 Å². The number of amides is 1. The smallest absolute Gasteiger partial charge is 0.315 e. The largest absolute Gasteiger partial charge is 0.500 e. The Hall–Kier alpha value is -3.08. The molecule has 0 atom stereocenters. The predicted molar refractivity (Wildman–Crippen MR) is 82.8 cm³/mol. The summed E-state index contributed by atoms with van der Waals surface area (Å²) >= 11 is 0. The highest BCUT2D eigenvalue weighted by Gasteiger charge is 2.21. The van der Waals surface area contributed by atoms with Gasteiger partial charge in [0.05, 0.1) is 12.0 Å². The van der Waals surface area contributed by atoms with E-state index in [9.17, 15) is 25.3 Å². The van der Waals surface area contributed by atoms with Gasteiger partial charge in [-0.2, -0.15) is 5.26 Å². The van der Waals surface area contributed by atoms with Crippen molar-refractivity contribution in [1.29, 1.82) is 5.26 Å². The Balaban J connectivity index is 3.39. The fourth-order valence-electron chi connectivity index (χ4n) is 1.98. The molecule has 0 unspecified atom stereocenters. The number of aromatic hydroxyl groups is 1. The fourth-order valence-corrected chi connectivity index (χ4v) is 1.98. The maximum atomic E-state index is 12.2. The lowest BCUT2D eigenvalue weighted by Gasteiger charge is -2.17. The second kappa shape index (κ2) is 7.79. The Morgan fingerprint density at radius 1 is 1.48 bits per heavy atom. The molecule has 0 saturated heterocycles. The molecule has 8 nitrogen and oxygen atoms in total. The van der Waals surface area contributed by atoms with Crippen LogP contribution >= 0.6 is 0 Å². The van der Waals surface area contributed by atoms with Crippen molar-refractivity contribution in [3.63, 3.8) is 0 Å². The van der Waals surface area contributed by atoms with Crippen molar-refractivity contribution in [3.05, 3.63) is 33.4 Å². The molecule has 1 aromatic rings. The molecule has 1 N–H and O–H groups in total. The van der Waals surface area contributed by atoms with Crippen LogP contribution in [0.4, 0.5) is 5.69 Å². The molecule has 122 valence electrons. The van der Waals surface area contributed by atoms with Crippen LogP contribution in [0.15, 0.2) is 17.7 Å². The summed E-state index contributed by atoms with van der Waals surface area (Å²) in [5, 5.41) is 29.9. The van der Waals surface area contributed by atoms with Crippen molar-refractivity contribution in [2.75, 3.05) is 20.2 Å². The number of ether oxygens (including phenoxy) is 1. The fraction of sp³-hybridized carbons (Fsp3) is 0.333. The molecule has 0 heterocycles. The van der Waals surface area contributed by atoms with Crippen LogP contribution in [0.3, 0.4) is 0 Å². The number of nitro benzene ring substituents is 1. The molecule has 1 amide bonds. The van der Waals surface area contributed by atoms with Crippen LogP contribution in [-0.4, -0.2) is 41.0 Å². The van der Waals surface area contributed by atoms with Crippen molar-refractivity contribution >= 4 is 17.7 Å². The number of nitro groups is 1. The highest BCUT2D eigenvalue weighted by Crippen LogP contribution is 2.37. The first-order valence-electron chi connectivity index (χ1n) is 6.85. The molecule has 1 rings (SSSR count). The predicted octanol–water partition coefficient (Wildman–Crippen LogP) is 2.08. The second-order valence-electron chi connectivity index (χ2n) is 4.50. The number of benzene rings is 1. The normalized spacial score (nSPS) is 10.8. The van der Waals surface area contributed by atoms with E-state index in [4.69, 9.17) is 4.74 Å². The van der Waals surface area contributed by atoms with E-state index < -0.39 is 22.3 Å². The maximum Gasteiger partial charge on any atom is 0.315 e. The molecule has 1 aromatic carbocycles. The van der Waals surface area contributed by atoms with Crippen molar-refractivity contribution in [3.8, 4) is 17.6 Å². The number of nitrogens with zero attached hydrogens (tertiary/aromatic N) is 3. The van der Waals surface area contributed by atoms with Gasteiger partial charge in [0.2, 0.25) is 5.75 Å². The number of carbonyl (C=O) groups excluding carboxylic acids is 1. The average molecular weight is 319 g/mol. The zero-order valence-electron chi connectivity index (χ0n) is 13.1. The van der Waals surface area contributed by atoms with Crippen LogP contribution < -0.4 is 4.74 Å². The summed E-state index contributed by atoms with van der Waals surface area (Å²) in [6.07, 6.45) is 1.23. The third kappa shape index (κ3) is 3.97. The van der Waals surface area contributed by atoms with Gasteiger partial charge in [0.1, 0.15) is 11.6 Å². The third-order valence-electron chi connectivity index (χ3n) is 3.21. The number of phenolic OH excluding ortho intramolecular Hbond substituents is 1. The Bertz CT molecular complexity index is 687. The molecule has 23 heavy (non-hydrogen) atoms. The van der Waals surface area contributed by atoms with Crippen LogP contribution in [-0.2, 0) is 4.79 Å². The molecule has 0 aliphatic heterocycles. The number of methoxy groups -OCH3 is 1. The Kier molecular flexibility index (Phi) is 6.09. The number of likely N-dealkylation sites (N-methyl/N-ethyl adjacent to an activating group) is 1. The quantitative estimate of drug-likeness (QED) is 0.371. The minimum atomic E-state index is -0.770. The Labute approximate surface area is 133 Å². The number of nitriles is 1. The molecule has 0 aliphatic carbocycles. The van der Waals surface area contributed by atoms with E-state index >= 15 is 0 Å². The lowest BCUT2D eigenvalue weighted by Crippen LogP contribution is -2.31. The third-order valence-corrected chi connectivity index (χ3v) is 3.21. The van der Waals surface area contributed by atoms with E-state index in [0.29, 0.717) is 13.1 Å². The zero-order chi connectivity index (χ0) is 17.6. The summed E-state index contributed by atoms with van der Waals surface area (Å²) in [5.74, 6) is -1.19. The average Bonchev–Trinajstić information content (AvgIpc) is 2.54. The Morgan fingerprint density at radius 2 is 2.09 bits per heavy atom. The number of carbonyl (C=O) groups is 1. The maximum absolute atomic E-state index is 12.2. The van der Waals surface area contributed by atoms with E-state index in [1.54, 1.807) is 19.9 Å². The van der Waals surface area contributed by atoms with Crippen molar-refractivity contribution in [1.82, 2.24) is 4.90 Å². The topological polar surface area (TPSA) is 117 Å². The van der Waals surface area contributed by atoms with Gasteiger partial charge in [0, 0.05) is 19.2 Å².